The average molecular weight is 274 g/mol. The Morgan fingerprint density at radius 1 is 1.25 bits per heavy atom. The lowest BCUT2D eigenvalue weighted by Crippen LogP contribution is -2.44. The number of nitrogens with zero attached hydrogens (tertiary/aromatic N) is 2. The molecule has 0 spiro atoms. The van der Waals surface area contributed by atoms with Gasteiger partial charge in [0.15, 0.2) is 0 Å². The lowest BCUT2D eigenvalue weighted by molar-refractivity contribution is -0.147. The van der Waals surface area contributed by atoms with E-state index in [2.05, 4.69) is 0 Å². The minimum atomic E-state index is -0.808. The van der Waals surface area contributed by atoms with Crippen molar-refractivity contribution in [2.45, 2.75) is 24.7 Å². The quantitative estimate of drug-likeness (QED) is 0.917. The second-order valence-corrected chi connectivity index (χ2v) is 5.61. The summed E-state index contributed by atoms with van der Waals surface area (Å²) < 4.78 is 0. The van der Waals surface area contributed by atoms with Crippen LogP contribution in [0.3, 0.4) is 0 Å². The van der Waals surface area contributed by atoms with Gasteiger partial charge in [-0.1, -0.05) is 24.6 Å². The van der Waals surface area contributed by atoms with Crippen LogP contribution in [0.4, 0.5) is 10.5 Å². The molecule has 1 heterocycles. The van der Waals surface area contributed by atoms with E-state index in [1.165, 1.54) is 0 Å². The van der Waals surface area contributed by atoms with Gasteiger partial charge in [-0.2, -0.15) is 0 Å². The number of para-hydroxylation sites is 1. The summed E-state index contributed by atoms with van der Waals surface area (Å²) in [7, 11) is 1.77. The van der Waals surface area contributed by atoms with Gasteiger partial charge in [-0.15, -0.1) is 0 Å². The second-order valence-electron chi connectivity index (χ2n) is 5.61. The van der Waals surface area contributed by atoms with Gasteiger partial charge in [-0.3, -0.25) is 9.69 Å². The molecule has 1 saturated carbocycles. The van der Waals surface area contributed by atoms with E-state index >= 15 is 0 Å². The van der Waals surface area contributed by atoms with Gasteiger partial charge >= 0.3 is 12.0 Å². The molecule has 3 rings (SSSR count). The van der Waals surface area contributed by atoms with Gasteiger partial charge in [-0.05, 0) is 24.5 Å². The van der Waals surface area contributed by atoms with Crippen LogP contribution in [-0.4, -0.2) is 42.1 Å². The van der Waals surface area contributed by atoms with Gasteiger partial charge in [-0.25, -0.2) is 4.79 Å². The number of carbonyl (C=O) groups excluding carboxylic acids is 1. The van der Waals surface area contributed by atoms with E-state index < -0.39 is 11.4 Å². The average Bonchev–Trinajstić information content (AvgIpc) is 2.69. The number of hydrogen-bond donors (Lipinski definition) is 1. The predicted octanol–water partition coefficient (Wildman–Crippen LogP) is 2.06. The summed E-state index contributed by atoms with van der Waals surface area (Å²) in [4.78, 5) is 27.2. The monoisotopic (exact) mass is 274 g/mol. The lowest BCUT2D eigenvalue weighted by Gasteiger charge is -2.40. The van der Waals surface area contributed by atoms with Crippen molar-refractivity contribution in [2.24, 2.45) is 0 Å². The Morgan fingerprint density at radius 3 is 2.45 bits per heavy atom. The fourth-order valence-corrected chi connectivity index (χ4v) is 3.11. The number of carboxylic acid groups (broad SMARTS) is 1. The fraction of sp³-hybridized carbons (Fsp3) is 0.467. The van der Waals surface area contributed by atoms with Crippen molar-refractivity contribution in [3.8, 4) is 0 Å². The molecule has 0 aromatic heterocycles. The molecule has 1 aromatic rings. The number of amides is 2. The summed E-state index contributed by atoms with van der Waals surface area (Å²) in [6.07, 6.45) is 2.23. The molecule has 0 atom stereocenters. The van der Waals surface area contributed by atoms with Gasteiger partial charge in [0.05, 0.1) is 5.41 Å². The zero-order valence-corrected chi connectivity index (χ0v) is 11.5. The van der Waals surface area contributed by atoms with Crippen LogP contribution in [0, 0.1) is 0 Å². The zero-order valence-electron chi connectivity index (χ0n) is 11.5. The first kappa shape index (κ1) is 13.0. The highest BCUT2D eigenvalue weighted by Crippen LogP contribution is 2.47. The third-order valence-electron chi connectivity index (χ3n) is 4.54. The van der Waals surface area contributed by atoms with Crippen molar-refractivity contribution >= 4 is 17.7 Å². The second kappa shape index (κ2) is 4.51. The number of benzene rings is 1. The Morgan fingerprint density at radius 2 is 1.95 bits per heavy atom. The molecule has 5 heteroatoms. The standard InChI is InChI=1S/C15H18N2O3/c1-16-9-10-17(14(16)20)12-6-3-2-5-11(12)15(13(18)19)7-4-8-15/h2-3,5-6H,4,7-10H2,1H3,(H,18,19). The molecule has 2 amide bonds. The van der Waals surface area contributed by atoms with Crippen LogP contribution >= 0.6 is 0 Å². The van der Waals surface area contributed by atoms with Gasteiger partial charge < -0.3 is 10.0 Å². The summed E-state index contributed by atoms with van der Waals surface area (Å²) in [5.41, 5.74) is 0.726. The first-order valence-corrected chi connectivity index (χ1v) is 6.92. The Bertz CT molecular complexity index is 566. The molecule has 0 radical (unpaired) electrons. The molecule has 5 nitrogen and oxygen atoms in total. The number of likely N-dealkylation sites (N-methyl/N-ethyl adjacent to an activating group) is 1. The Labute approximate surface area is 117 Å². The molecule has 0 bridgehead atoms. The van der Waals surface area contributed by atoms with E-state index in [0.29, 0.717) is 25.9 Å². The molecule has 1 aliphatic carbocycles. The normalized spacial score (nSPS) is 20.9. The molecule has 1 saturated heterocycles. The minimum Gasteiger partial charge on any atom is -0.481 e. The van der Waals surface area contributed by atoms with Gasteiger partial charge in [0.25, 0.3) is 0 Å². The van der Waals surface area contributed by atoms with Crippen molar-refractivity contribution in [3.63, 3.8) is 0 Å². The summed E-state index contributed by atoms with van der Waals surface area (Å²) in [6, 6.07) is 7.37. The van der Waals surface area contributed by atoms with Gasteiger partial charge in [0.1, 0.15) is 0 Å². The van der Waals surface area contributed by atoms with E-state index in [4.69, 9.17) is 0 Å². The van der Waals surface area contributed by atoms with Crippen molar-refractivity contribution in [1.29, 1.82) is 0 Å². The van der Waals surface area contributed by atoms with Gasteiger partial charge in [0, 0.05) is 25.8 Å². The minimum absolute atomic E-state index is 0.0580. The third kappa shape index (κ3) is 1.69. The van der Waals surface area contributed by atoms with E-state index in [9.17, 15) is 14.7 Å². The number of anilines is 1. The number of hydrogen-bond acceptors (Lipinski definition) is 2. The Hall–Kier alpha value is -2.04. The SMILES string of the molecule is CN1CCN(c2ccccc2C2(C(=O)O)CCC2)C1=O. The van der Waals surface area contributed by atoms with Crippen LogP contribution in [0.1, 0.15) is 24.8 Å². The number of rotatable bonds is 3. The highest BCUT2D eigenvalue weighted by Gasteiger charge is 2.48. The molecule has 2 fully saturated rings. The summed E-state index contributed by atoms with van der Waals surface area (Å²) in [5.74, 6) is -0.781. The van der Waals surface area contributed by atoms with Crippen molar-refractivity contribution in [1.82, 2.24) is 4.90 Å². The summed E-state index contributed by atoms with van der Waals surface area (Å²) in [6.45, 7) is 1.29. The molecule has 0 unspecified atom stereocenters. The van der Waals surface area contributed by atoms with Crippen molar-refractivity contribution in [2.75, 3.05) is 25.0 Å². The highest BCUT2D eigenvalue weighted by molar-refractivity contribution is 5.96. The number of carbonyl (C=O) groups is 2. The molecular weight excluding hydrogens is 256 g/mol. The number of carboxylic acids is 1. The van der Waals surface area contributed by atoms with Crippen LogP contribution in [0.25, 0.3) is 0 Å². The smallest absolute Gasteiger partial charge is 0.324 e. The molecular formula is C15H18N2O3. The lowest BCUT2D eigenvalue weighted by atomic mass is 9.64. The van der Waals surface area contributed by atoms with Crippen molar-refractivity contribution in [3.05, 3.63) is 29.8 Å². The molecule has 1 aromatic carbocycles. The molecule has 20 heavy (non-hydrogen) atoms. The molecule has 2 aliphatic rings. The number of urea groups is 1. The zero-order chi connectivity index (χ0) is 14.3. The fourth-order valence-electron chi connectivity index (χ4n) is 3.11. The predicted molar refractivity (Wildman–Crippen MR) is 75.0 cm³/mol. The third-order valence-corrected chi connectivity index (χ3v) is 4.54. The van der Waals surface area contributed by atoms with Crippen LogP contribution < -0.4 is 4.90 Å². The first-order chi connectivity index (χ1) is 9.56. The van der Waals surface area contributed by atoms with Crippen molar-refractivity contribution < 1.29 is 14.7 Å². The maximum Gasteiger partial charge on any atom is 0.324 e. The molecule has 106 valence electrons. The van der Waals surface area contributed by atoms with Crippen LogP contribution in [0.15, 0.2) is 24.3 Å². The van der Waals surface area contributed by atoms with Gasteiger partial charge in [0.2, 0.25) is 0 Å². The summed E-state index contributed by atoms with van der Waals surface area (Å²) in [5, 5.41) is 9.61. The maximum atomic E-state index is 12.2. The highest BCUT2D eigenvalue weighted by atomic mass is 16.4. The van der Waals surface area contributed by atoms with E-state index in [-0.39, 0.29) is 6.03 Å². The first-order valence-electron chi connectivity index (χ1n) is 6.92. The molecule has 1 aliphatic heterocycles. The van der Waals surface area contributed by atoms with E-state index in [0.717, 1.165) is 17.7 Å². The Balaban J connectivity index is 2.05. The molecule has 1 N–H and O–H groups in total. The summed E-state index contributed by atoms with van der Waals surface area (Å²) >= 11 is 0. The van der Waals surface area contributed by atoms with Crippen LogP contribution in [0.5, 0.6) is 0 Å². The largest absolute Gasteiger partial charge is 0.481 e. The number of aliphatic carboxylic acids is 1. The van der Waals surface area contributed by atoms with Crippen LogP contribution in [-0.2, 0) is 10.2 Å². The maximum absolute atomic E-state index is 12.2. The topological polar surface area (TPSA) is 60.9 Å². The van der Waals surface area contributed by atoms with E-state index in [1.807, 2.05) is 24.3 Å². The van der Waals surface area contributed by atoms with E-state index in [1.54, 1.807) is 16.8 Å². The Kier molecular flexibility index (Phi) is 2.92. The van der Waals surface area contributed by atoms with Crippen LogP contribution in [0.2, 0.25) is 0 Å².